The highest BCUT2D eigenvalue weighted by Gasteiger charge is 1.99. The fraction of sp³-hybridized carbons (Fsp3) is 0.385. The minimum absolute atomic E-state index is 0.500. The van der Waals surface area contributed by atoms with Crippen molar-refractivity contribution in [2.45, 2.75) is 31.3 Å². The molecule has 0 bridgehead atoms. The monoisotopic (exact) mass is 289 g/mol. The van der Waals surface area contributed by atoms with Crippen LogP contribution in [0.2, 0.25) is 0 Å². The number of benzene rings is 1. The number of rotatable bonds is 6. The Kier molecular flexibility index (Phi) is 7.05. The smallest absolute Gasteiger partial charge is 0.0396 e. The van der Waals surface area contributed by atoms with E-state index in [2.05, 4.69) is 43.4 Å². The molecule has 0 saturated carbocycles. The van der Waals surface area contributed by atoms with Crippen LogP contribution < -0.4 is 5.32 Å². The fourth-order valence-electron chi connectivity index (χ4n) is 1.25. The fourth-order valence-corrected chi connectivity index (χ4v) is 2.38. The van der Waals surface area contributed by atoms with Gasteiger partial charge in [0.25, 0.3) is 0 Å². The first-order chi connectivity index (χ1) is 8.11. The molecule has 1 nitrogen and oxygen atoms in total. The van der Waals surface area contributed by atoms with Crippen molar-refractivity contribution in [1.82, 2.24) is 5.32 Å². The van der Waals surface area contributed by atoms with Crippen LogP contribution >= 0.6 is 35.0 Å². The third-order valence-corrected chi connectivity index (χ3v) is 3.93. The Balaban J connectivity index is 2.53. The van der Waals surface area contributed by atoms with Crippen molar-refractivity contribution in [3.63, 3.8) is 0 Å². The van der Waals surface area contributed by atoms with E-state index in [1.54, 1.807) is 11.8 Å². The summed E-state index contributed by atoms with van der Waals surface area (Å²) in [6, 6.07) is 8.96. The summed E-state index contributed by atoms with van der Waals surface area (Å²) in [6.07, 6.45) is 0. The Bertz CT molecular complexity index is 377. The molecular formula is C13H17Cl2NS. The van der Waals surface area contributed by atoms with Crippen LogP contribution in [0.1, 0.15) is 19.4 Å². The van der Waals surface area contributed by atoms with Gasteiger partial charge in [0.2, 0.25) is 0 Å². The van der Waals surface area contributed by atoms with Crippen LogP contribution in [0, 0.1) is 0 Å². The van der Waals surface area contributed by atoms with Crippen molar-refractivity contribution in [1.29, 1.82) is 0 Å². The van der Waals surface area contributed by atoms with Gasteiger partial charge in [-0.05, 0) is 17.7 Å². The van der Waals surface area contributed by atoms with Gasteiger partial charge in [-0.15, -0.1) is 11.8 Å². The molecule has 0 aliphatic carbocycles. The maximum atomic E-state index is 5.85. The molecule has 1 aromatic carbocycles. The van der Waals surface area contributed by atoms with Crippen LogP contribution in [0.5, 0.6) is 0 Å². The van der Waals surface area contributed by atoms with Crippen molar-refractivity contribution in [3.8, 4) is 0 Å². The summed E-state index contributed by atoms with van der Waals surface area (Å²) >= 11 is 13.1. The maximum absolute atomic E-state index is 5.85. The summed E-state index contributed by atoms with van der Waals surface area (Å²) in [5, 5.41) is 4.07. The topological polar surface area (TPSA) is 12.0 Å². The highest BCUT2D eigenvalue weighted by molar-refractivity contribution is 7.99. The molecule has 0 amide bonds. The van der Waals surface area contributed by atoms with Crippen LogP contribution in [-0.4, -0.2) is 11.8 Å². The molecule has 1 rings (SSSR count). The molecule has 17 heavy (non-hydrogen) atoms. The Morgan fingerprint density at radius 2 is 2.24 bits per heavy atom. The standard InChI is InChI=1S/C13H17Cl2NS/c1-10(2)16-8-11-4-3-5-13(6-11)17-9-12(15)7-14/h3-7,10,16H,8-9H2,1-2H3. The van der Waals surface area contributed by atoms with E-state index in [-0.39, 0.29) is 0 Å². The molecule has 0 spiro atoms. The van der Waals surface area contributed by atoms with Gasteiger partial charge in [0.15, 0.2) is 0 Å². The van der Waals surface area contributed by atoms with Crippen molar-refractivity contribution in [2.75, 3.05) is 5.75 Å². The Hall–Kier alpha value is -0.150. The molecule has 4 heteroatoms. The van der Waals surface area contributed by atoms with Gasteiger partial charge in [0.05, 0.1) is 0 Å². The number of thioether (sulfide) groups is 1. The predicted octanol–water partition coefficient (Wildman–Crippen LogP) is 4.60. The molecule has 0 atom stereocenters. The molecule has 0 radical (unpaired) electrons. The third-order valence-electron chi connectivity index (χ3n) is 2.11. The lowest BCUT2D eigenvalue weighted by Crippen LogP contribution is -2.21. The van der Waals surface area contributed by atoms with Gasteiger partial charge in [-0.1, -0.05) is 49.2 Å². The van der Waals surface area contributed by atoms with Gasteiger partial charge in [-0.2, -0.15) is 0 Å². The molecule has 94 valence electrons. The summed E-state index contributed by atoms with van der Waals surface area (Å²) in [5.74, 6) is 0.714. The summed E-state index contributed by atoms with van der Waals surface area (Å²) < 4.78 is 0. The highest BCUT2D eigenvalue weighted by Crippen LogP contribution is 2.23. The van der Waals surface area contributed by atoms with Gasteiger partial charge in [-0.25, -0.2) is 0 Å². The first-order valence-electron chi connectivity index (χ1n) is 5.51. The average molecular weight is 290 g/mol. The van der Waals surface area contributed by atoms with Gasteiger partial charge in [0.1, 0.15) is 0 Å². The summed E-state index contributed by atoms with van der Waals surface area (Å²) in [6.45, 7) is 5.18. The van der Waals surface area contributed by atoms with Crippen molar-refractivity contribution in [3.05, 3.63) is 40.4 Å². The Morgan fingerprint density at radius 1 is 1.47 bits per heavy atom. The minimum atomic E-state index is 0.500. The number of nitrogens with one attached hydrogen (secondary N) is 1. The molecular weight excluding hydrogens is 273 g/mol. The molecule has 0 unspecified atom stereocenters. The van der Waals surface area contributed by atoms with E-state index < -0.39 is 0 Å². The first-order valence-corrected chi connectivity index (χ1v) is 7.31. The second kappa shape index (κ2) is 8.04. The summed E-state index contributed by atoms with van der Waals surface area (Å²) in [7, 11) is 0. The Labute approximate surface area is 118 Å². The van der Waals surface area contributed by atoms with Crippen molar-refractivity contribution in [2.24, 2.45) is 0 Å². The first kappa shape index (κ1) is 14.9. The van der Waals surface area contributed by atoms with E-state index in [1.165, 1.54) is 16.0 Å². The molecule has 1 N–H and O–H groups in total. The molecule has 0 heterocycles. The quantitative estimate of drug-likeness (QED) is 0.769. The van der Waals surface area contributed by atoms with Gasteiger partial charge < -0.3 is 5.32 Å². The average Bonchev–Trinajstić information content (AvgIpc) is 2.34. The zero-order valence-corrected chi connectivity index (χ0v) is 12.4. The zero-order chi connectivity index (χ0) is 12.7. The van der Waals surface area contributed by atoms with E-state index in [4.69, 9.17) is 23.2 Å². The van der Waals surface area contributed by atoms with Crippen LogP contribution in [0.4, 0.5) is 0 Å². The normalized spacial score (nSPS) is 12.2. The molecule has 0 aliphatic rings. The Morgan fingerprint density at radius 3 is 2.88 bits per heavy atom. The minimum Gasteiger partial charge on any atom is -0.310 e. The summed E-state index contributed by atoms with van der Waals surface area (Å²) in [4.78, 5) is 1.21. The highest BCUT2D eigenvalue weighted by atomic mass is 35.5. The van der Waals surface area contributed by atoms with E-state index in [0.717, 1.165) is 6.54 Å². The van der Waals surface area contributed by atoms with Gasteiger partial charge >= 0.3 is 0 Å². The molecule has 0 saturated heterocycles. The number of halogens is 2. The van der Waals surface area contributed by atoms with E-state index in [0.29, 0.717) is 16.8 Å². The largest absolute Gasteiger partial charge is 0.310 e. The van der Waals surface area contributed by atoms with Crippen LogP contribution in [0.3, 0.4) is 0 Å². The summed E-state index contributed by atoms with van der Waals surface area (Å²) in [5.41, 5.74) is 2.70. The van der Waals surface area contributed by atoms with Gasteiger partial charge in [0, 0.05) is 33.8 Å². The van der Waals surface area contributed by atoms with Crippen molar-refractivity contribution < 1.29 is 0 Å². The lowest BCUT2D eigenvalue weighted by molar-refractivity contribution is 0.588. The van der Waals surface area contributed by atoms with Gasteiger partial charge in [-0.3, -0.25) is 0 Å². The second-order valence-corrected chi connectivity index (χ2v) is 5.78. The maximum Gasteiger partial charge on any atom is 0.0396 e. The van der Waals surface area contributed by atoms with Crippen LogP contribution in [0.25, 0.3) is 0 Å². The third kappa shape index (κ3) is 6.37. The van der Waals surface area contributed by atoms with E-state index in [9.17, 15) is 0 Å². The lowest BCUT2D eigenvalue weighted by atomic mass is 10.2. The molecule has 1 aromatic rings. The predicted molar refractivity (Wildman–Crippen MR) is 78.9 cm³/mol. The molecule has 0 fully saturated rings. The SMILES string of the molecule is CC(C)NCc1cccc(SCC(Cl)=CCl)c1. The van der Waals surface area contributed by atoms with E-state index in [1.807, 2.05) is 0 Å². The van der Waals surface area contributed by atoms with Crippen LogP contribution in [-0.2, 0) is 6.54 Å². The molecule has 0 aliphatic heterocycles. The number of hydrogen-bond acceptors (Lipinski definition) is 2. The molecule has 0 aromatic heterocycles. The lowest BCUT2D eigenvalue weighted by Gasteiger charge is -2.09. The number of hydrogen-bond donors (Lipinski definition) is 1. The van der Waals surface area contributed by atoms with E-state index >= 15 is 0 Å². The van der Waals surface area contributed by atoms with Crippen LogP contribution in [0.15, 0.2) is 39.7 Å². The second-order valence-electron chi connectivity index (χ2n) is 4.03. The van der Waals surface area contributed by atoms with Crippen molar-refractivity contribution >= 4 is 35.0 Å². The zero-order valence-electron chi connectivity index (χ0n) is 10.0.